The molecule has 1 atom stereocenters. The standard InChI is InChI=1S/C13H19NO4S/c1-17-11-2-4-12(5-3-11)18-8-6-13(14)7-9-19(15,16)10-13/h2-5H,6-10,14H2,1H3. The van der Waals surface area contributed by atoms with Crippen LogP contribution in [0.25, 0.3) is 0 Å². The maximum absolute atomic E-state index is 11.4. The summed E-state index contributed by atoms with van der Waals surface area (Å²) in [5.74, 6) is 1.74. The fourth-order valence-electron chi connectivity index (χ4n) is 2.18. The Morgan fingerprint density at radius 3 is 2.42 bits per heavy atom. The van der Waals surface area contributed by atoms with E-state index in [0.29, 0.717) is 19.4 Å². The van der Waals surface area contributed by atoms with Gasteiger partial charge in [0, 0.05) is 12.0 Å². The van der Waals surface area contributed by atoms with Crippen molar-refractivity contribution in [3.8, 4) is 11.5 Å². The molecule has 0 spiro atoms. The summed E-state index contributed by atoms with van der Waals surface area (Å²) in [4.78, 5) is 0. The summed E-state index contributed by atoms with van der Waals surface area (Å²) in [5, 5.41) is 0. The average molecular weight is 285 g/mol. The van der Waals surface area contributed by atoms with Crippen LogP contribution in [0.4, 0.5) is 0 Å². The summed E-state index contributed by atoms with van der Waals surface area (Å²) in [7, 11) is -1.35. The molecule has 0 radical (unpaired) electrons. The second-order valence-electron chi connectivity index (χ2n) is 4.98. The molecule has 1 aliphatic rings. The zero-order chi connectivity index (χ0) is 13.9. The third-order valence-electron chi connectivity index (χ3n) is 3.35. The fourth-order valence-corrected chi connectivity index (χ4v) is 4.21. The van der Waals surface area contributed by atoms with Crippen LogP contribution in [0, 0.1) is 0 Å². The van der Waals surface area contributed by atoms with Crippen molar-refractivity contribution in [1.82, 2.24) is 0 Å². The lowest BCUT2D eigenvalue weighted by molar-refractivity contribution is 0.267. The first-order valence-electron chi connectivity index (χ1n) is 6.19. The van der Waals surface area contributed by atoms with E-state index in [4.69, 9.17) is 15.2 Å². The van der Waals surface area contributed by atoms with E-state index >= 15 is 0 Å². The van der Waals surface area contributed by atoms with Crippen LogP contribution in [-0.4, -0.2) is 39.2 Å². The van der Waals surface area contributed by atoms with Crippen LogP contribution in [0.5, 0.6) is 11.5 Å². The Kier molecular flexibility index (Phi) is 4.01. The van der Waals surface area contributed by atoms with Gasteiger partial charge in [-0.2, -0.15) is 0 Å². The lowest BCUT2D eigenvalue weighted by atomic mass is 9.97. The first kappa shape index (κ1) is 14.1. The van der Waals surface area contributed by atoms with E-state index < -0.39 is 15.4 Å². The molecular weight excluding hydrogens is 266 g/mol. The van der Waals surface area contributed by atoms with Gasteiger partial charge in [0.15, 0.2) is 9.84 Å². The van der Waals surface area contributed by atoms with Crippen molar-refractivity contribution in [3.05, 3.63) is 24.3 Å². The molecule has 0 aliphatic carbocycles. The normalized spacial score (nSPS) is 25.2. The van der Waals surface area contributed by atoms with Gasteiger partial charge in [0.2, 0.25) is 0 Å². The summed E-state index contributed by atoms with van der Waals surface area (Å²) >= 11 is 0. The van der Waals surface area contributed by atoms with Crippen molar-refractivity contribution in [2.45, 2.75) is 18.4 Å². The van der Waals surface area contributed by atoms with Gasteiger partial charge in [0.05, 0.1) is 25.2 Å². The lowest BCUT2D eigenvalue weighted by Gasteiger charge is -2.21. The highest BCUT2D eigenvalue weighted by Gasteiger charge is 2.38. The van der Waals surface area contributed by atoms with Gasteiger partial charge in [-0.05, 0) is 30.7 Å². The lowest BCUT2D eigenvalue weighted by Crippen LogP contribution is -2.42. The Bertz CT molecular complexity index is 526. The van der Waals surface area contributed by atoms with E-state index in [1.165, 1.54) is 0 Å². The van der Waals surface area contributed by atoms with Crippen molar-refractivity contribution in [2.75, 3.05) is 25.2 Å². The van der Waals surface area contributed by atoms with Crippen molar-refractivity contribution in [1.29, 1.82) is 0 Å². The molecule has 1 aliphatic heterocycles. The minimum atomic E-state index is -2.96. The highest BCUT2D eigenvalue weighted by Crippen LogP contribution is 2.25. The number of hydrogen-bond acceptors (Lipinski definition) is 5. The monoisotopic (exact) mass is 285 g/mol. The van der Waals surface area contributed by atoms with E-state index in [1.807, 2.05) is 24.3 Å². The van der Waals surface area contributed by atoms with Gasteiger partial charge in [-0.25, -0.2) is 8.42 Å². The van der Waals surface area contributed by atoms with E-state index in [2.05, 4.69) is 0 Å². The van der Waals surface area contributed by atoms with Crippen LogP contribution in [0.1, 0.15) is 12.8 Å². The molecule has 1 saturated heterocycles. The van der Waals surface area contributed by atoms with E-state index in [0.717, 1.165) is 11.5 Å². The maximum atomic E-state index is 11.4. The van der Waals surface area contributed by atoms with Crippen LogP contribution in [0.2, 0.25) is 0 Å². The SMILES string of the molecule is COc1ccc(OCCC2(N)CCS(=O)(=O)C2)cc1. The summed E-state index contributed by atoms with van der Waals surface area (Å²) < 4.78 is 33.5. The quantitative estimate of drug-likeness (QED) is 0.872. The van der Waals surface area contributed by atoms with Crippen LogP contribution in [0.3, 0.4) is 0 Å². The topological polar surface area (TPSA) is 78.6 Å². The van der Waals surface area contributed by atoms with Crippen LogP contribution < -0.4 is 15.2 Å². The van der Waals surface area contributed by atoms with Crippen molar-refractivity contribution < 1.29 is 17.9 Å². The predicted molar refractivity (Wildman–Crippen MR) is 73.3 cm³/mol. The summed E-state index contributed by atoms with van der Waals surface area (Å²) in [5.41, 5.74) is 5.43. The second-order valence-corrected chi connectivity index (χ2v) is 7.16. The minimum absolute atomic E-state index is 0.0615. The number of sulfone groups is 1. The molecule has 1 heterocycles. The van der Waals surface area contributed by atoms with Crippen molar-refractivity contribution >= 4 is 9.84 Å². The number of hydrogen-bond donors (Lipinski definition) is 1. The molecule has 2 rings (SSSR count). The molecule has 5 nitrogen and oxygen atoms in total. The van der Waals surface area contributed by atoms with Crippen LogP contribution in [0.15, 0.2) is 24.3 Å². The number of methoxy groups -OCH3 is 1. The Morgan fingerprint density at radius 1 is 1.26 bits per heavy atom. The summed E-state index contributed by atoms with van der Waals surface area (Å²) in [6.07, 6.45) is 1.06. The molecule has 0 bridgehead atoms. The van der Waals surface area contributed by atoms with E-state index in [-0.39, 0.29) is 11.5 Å². The van der Waals surface area contributed by atoms with Gasteiger partial charge >= 0.3 is 0 Å². The average Bonchev–Trinajstić information content (AvgIpc) is 2.65. The minimum Gasteiger partial charge on any atom is -0.497 e. The molecule has 1 aromatic rings. The molecule has 0 aromatic heterocycles. The first-order valence-corrected chi connectivity index (χ1v) is 8.01. The zero-order valence-electron chi connectivity index (χ0n) is 11.0. The number of nitrogens with two attached hydrogens (primary N) is 1. The third-order valence-corrected chi connectivity index (χ3v) is 5.19. The second kappa shape index (κ2) is 5.38. The van der Waals surface area contributed by atoms with Gasteiger partial charge < -0.3 is 15.2 Å². The molecule has 1 fully saturated rings. The molecule has 1 unspecified atom stereocenters. The Labute approximate surface area is 113 Å². The zero-order valence-corrected chi connectivity index (χ0v) is 11.8. The largest absolute Gasteiger partial charge is 0.497 e. The predicted octanol–water partition coefficient (Wildman–Crippen LogP) is 0.980. The van der Waals surface area contributed by atoms with E-state index in [9.17, 15) is 8.42 Å². The Hall–Kier alpha value is -1.27. The summed E-state index contributed by atoms with van der Waals surface area (Å²) in [6.45, 7) is 0.415. The maximum Gasteiger partial charge on any atom is 0.152 e. The molecule has 19 heavy (non-hydrogen) atoms. The Balaban J connectivity index is 1.83. The van der Waals surface area contributed by atoms with Crippen molar-refractivity contribution in [3.63, 3.8) is 0 Å². The number of benzene rings is 1. The van der Waals surface area contributed by atoms with Crippen molar-refractivity contribution in [2.24, 2.45) is 5.73 Å². The van der Waals surface area contributed by atoms with Crippen LogP contribution >= 0.6 is 0 Å². The molecule has 0 amide bonds. The van der Waals surface area contributed by atoms with E-state index in [1.54, 1.807) is 7.11 Å². The van der Waals surface area contributed by atoms with Gasteiger partial charge in [0.25, 0.3) is 0 Å². The van der Waals surface area contributed by atoms with Gasteiger partial charge in [-0.1, -0.05) is 0 Å². The Morgan fingerprint density at radius 2 is 1.89 bits per heavy atom. The highest BCUT2D eigenvalue weighted by molar-refractivity contribution is 7.91. The molecular formula is C13H19NO4S. The highest BCUT2D eigenvalue weighted by atomic mass is 32.2. The van der Waals surface area contributed by atoms with Gasteiger partial charge in [-0.15, -0.1) is 0 Å². The molecule has 2 N–H and O–H groups in total. The molecule has 6 heteroatoms. The third kappa shape index (κ3) is 3.84. The molecule has 0 saturated carbocycles. The molecule has 106 valence electrons. The number of ether oxygens (including phenoxy) is 2. The first-order chi connectivity index (χ1) is 8.92. The van der Waals surface area contributed by atoms with Gasteiger partial charge in [0.1, 0.15) is 11.5 Å². The smallest absolute Gasteiger partial charge is 0.152 e. The fraction of sp³-hybridized carbons (Fsp3) is 0.538. The van der Waals surface area contributed by atoms with Crippen LogP contribution in [-0.2, 0) is 9.84 Å². The number of rotatable bonds is 5. The summed E-state index contributed by atoms with van der Waals surface area (Å²) in [6, 6.07) is 7.25. The van der Waals surface area contributed by atoms with Gasteiger partial charge in [-0.3, -0.25) is 0 Å². The molecule has 1 aromatic carbocycles.